The summed E-state index contributed by atoms with van der Waals surface area (Å²) in [4.78, 5) is 8.12. The molecule has 1 atom stereocenters. The molecule has 1 aromatic carbocycles. The lowest BCUT2D eigenvalue weighted by molar-refractivity contribution is 0.929. The fraction of sp³-hybridized carbons (Fsp3) is 0.231. The summed E-state index contributed by atoms with van der Waals surface area (Å²) in [6, 6.07) is 10.3. The van der Waals surface area contributed by atoms with Crippen molar-refractivity contribution in [3.8, 4) is 0 Å². The Morgan fingerprint density at radius 2 is 2.24 bits per heavy atom. The minimum Gasteiger partial charge on any atom is -0.329 e. The highest BCUT2D eigenvalue weighted by Crippen LogP contribution is 2.33. The van der Waals surface area contributed by atoms with Crippen LogP contribution in [-0.2, 0) is 0 Å². The molecule has 0 fully saturated rings. The van der Waals surface area contributed by atoms with Crippen LogP contribution in [0.15, 0.2) is 47.9 Å². The van der Waals surface area contributed by atoms with Gasteiger partial charge in [-0.25, -0.2) is 9.97 Å². The number of nitrogens with zero attached hydrogens (tertiary/aromatic N) is 2. The van der Waals surface area contributed by atoms with Crippen molar-refractivity contribution < 1.29 is 0 Å². The Kier molecular flexibility index (Phi) is 4.12. The van der Waals surface area contributed by atoms with Gasteiger partial charge in [0.1, 0.15) is 6.33 Å². The van der Waals surface area contributed by atoms with Crippen LogP contribution in [0.5, 0.6) is 0 Å². The Balaban J connectivity index is 2.17. The highest BCUT2D eigenvalue weighted by Gasteiger charge is 2.11. The lowest BCUT2D eigenvalue weighted by atomic mass is 10.1. The molecule has 0 amide bonds. The Hall–Kier alpha value is -1.39. The molecule has 0 aliphatic carbocycles. The summed E-state index contributed by atoms with van der Waals surface area (Å²) in [6.07, 6.45) is 3.31. The second kappa shape index (κ2) is 5.80. The van der Waals surface area contributed by atoms with E-state index >= 15 is 0 Å². The summed E-state index contributed by atoms with van der Waals surface area (Å²) in [5.41, 5.74) is 8.34. The van der Waals surface area contributed by atoms with Gasteiger partial charge in [-0.1, -0.05) is 41.6 Å². The summed E-state index contributed by atoms with van der Waals surface area (Å²) < 4.78 is 0. The second-order valence-electron chi connectivity index (χ2n) is 3.80. The van der Waals surface area contributed by atoms with Crippen LogP contribution in [0.4, 0.5) is 0 Å². The molecule has 0 saturated heterocycles. The first-order valence-electron chi connectivity index (χ1n) is 5.49. The smallest absolute Gasteiger partial charge is 0.116 e. The van der Waals surface area contributed by atoms with Gasteiger partial charge in [-0.3, -0.25) is 0 Å². The maximum atomic E-state index is 5.84. The standard InChI is InChI=1S/C13H15N3S/c1-10-3-2-4-11(7-10)12(8-14)17-13-5-6-15-9-16-13/h2-7,9,12H,8,14H2,1H3. The number of nitrogens with two attached hydrogens (primary N) is 1. The van der Waals surface area contributed by atoms with Gasteiger partial charge in [0.25, 0.3) is 0 Å². The minimum atomic E-state index is 0.241. The first-order valence-corrected chi connectivity index (χ1v) is 6.37. The van der Waals surface area contributed by atoms with E-state index in [-0.39, 0.29) is 5.25 Å². The molecule has 17 heavy (non-hydrogen) atoms. The van der Waals surface area contributed by atoms with Gasteiger partial charge in [0, 0.05) is 18.0 Å². The number of benzene rings is 1. The maximum Gasteiger partial charge on any atom is 0.116 e. The summed E-state index contributed by atoms with van der Waals surface area (Å²) in [6.45, 7) is 2.69. The average molecular weight is 245 g/mol. The number of thioether (sulfide) groups is 1. The fourth-order valence-electron chi connectivity index (χ4n) is 1.62. The van der Waals surface area contributed by atoms with Gasteiger partial charge in [-0.2, -0.15) is 0 Å². The van der Waals surface area contributed by atoms with Crippen molar-refractivity contribution in [1.29, 1.82) is 0 Å². The van der Waals surface area contributed by atoms with Crippen LogP contribution >= 0.6 is 11.8 Å². The van der Waals surface area contributed by atoms with Crippen LogP contribution in [0.3, 0.4) is 0 Å². The van der Waals surface area contributed by atoms with E-state index in [9.17, 15) is 0 Å². The van der Waals surface area contributed by atoms with E-state index in [1.165, 1.54) is 11.1 Å². The van der Waals surface area contributed by atoms with Crippen LogP contribution in [0, 0.1) is 6.92 Å². The molecule has 2 aromatic rings. The lowest BCUT2D eigenvalue weighted by Crippen LogP contribution is -2.09. The molecule has 1 aromatic heterocycles. The monoisotopic (exact) mass is 245 g/mol. The predicted molar refractivity (Wildman–Crippen MR) is 70.9 cm³/mol. The third kappa shape index (κ3) is 3.28. The molecular formula is C13H15N3S. The van der Waals surface area contributed by atoms with E-state index in [0.29, 0.717) is 6.54 Å². The molecule has 3 nitrogen and oxygen atoms in total. The maximum absolute atomic E-state index is 5.84. The minimum absolute atomic E-state index is 0.241. The van der Waals surface area contributed by atoms with Gasteiger partial charge >= 0.3 is 0 Å². The zero-order chi connectivity index (χ0) is 12.1. The van der Waals surface area contributed by atoms with Crippen molar-refractivity contribution >= 4 is 11.8 Å². The largest absolute Gasteiger partial charge is 0.329 e. The summed E-state index contributed by atoms with van der Waals surface area (Å²) in [7, 11) is 0. The third-order valence-corrected chi connectivity index (χ3v) is 3.68. The number of aromatic nitrogens is 2. The molecule has 4 heteroatoms. The van der Waals surface area contributed by atoms with Gasteiger partial charge in [-0.05, 0) is 18.6 Å². The number of aryl methyl sites for hydroxylation is 1. The molecule has 1 heterocycles. The normalized spacial score (nSPS) is 12.4. The molecule has 0 aliphatic rings. The van der Waals surface area contributed by atoms with Crippen molar-refractivity contribution in [3.63, 3.8) is 0 Å². The van der Waals surface area contributed by atoms with E-state index < -0.39 is 0 Å². The fourth-order valence-corrected chi connectivity index (χ4v) is 2.53. The zero-order valence-electron chi connectivity index (χ0n) is 9.71. The van der Waals surface area contributed by atoms with Crippen LogP contribution in [0.2, 0.25) is 0 Å². The average Bonchev–Trinajstić information content (AvgIpc) is 2.37. The van der Waals surface area contributed by atoms with Crippen molar-refractivity contribution in [2.75, 3.05) is 6.54 Å². The first kappa shape index (κ1) is 12.1. The van der Waals surface area contributed by atoms with Gasteiger partial charge < -0.3 is 5.73 Å². The van der Waals surface area contributed by atoms with E-state index in [1.807, 2.05) is 6.07 Å². The van der Waals surface area contributed by atoms with Gasteiger partial charge in [-0.15, -0.1) is 0 Å². The van der Waals surface area contributed by atoms with Crippen molar-refractivity contribution in [1.82, 2.24) is 9.97 Å². The molecule has 0 saturated carbocycles. The number of hydrogen-bond acceptors (Lipinski definition) is 4. The van der Waals surface area contributed by atoms with Crippen LogP contribution in [0.25, 0.3) is 0 Å². The molecule has 2 rings (SSSR count). The molecule has 0 bridgehead atoms. The topological polar surface area (TPSA) is 51.8 Å². The highest BCUT2D eigenvalue weighted by atomic mass is 32.2. The molecular weight excluding hydrogens is 230 g/mol. The molecule has 0 spiro atoms. The Morgan fingerprint density at radius 3 is 2.88 bits per heavy atom. The third-order valence-electron chi connectivity index (χ3n) is 2.45. The van der Waals surface area contributed by atoms with Crippen molar-refractivity contribution in [2.24, 2.45) is 5.73 Å². The molecule has 88 valence electrons. The Bertz CT molecular complexity index is 473. The van der Waals surface area contributed by atoms with E-state index in [4.69, 9.17) is 5.73 Å². The molecule has 1 unspecified atom stereocenters. The van der Waals surface area contributed by atoms with Crippen LogP contribution in [0.1, 0.15) is 16.4 Å². The second-order valence-corrected chi connectivity index (χ2v) is 5.03. The van der Waals surface area contributed by atoms with Crippen LogP contribution < -0.4 is 5.73 Å². The Morgan fingerprint density at radius 1 is 1.35 bits per heavy atom. The highest BCUT2D eigenvalue weighted by molar-refractivity contribution is 7.99. The zero-order valence-corrected chi connectivity index (χ0v) is 10.5. The van der Waals surface area contributed by atoms with Gasteiger partial charge in [0.2, 0.25) is 0 Å². The van der Waals surface area contributed by atoms with Crippen LogP contribution in [-0.4, -0.2) is 16.5 Å². The lowest BCUT2D eigenvalue weighted by Gasteiger charge is -2.14. The summed E-state index contributed by atoms with van der Waals surface area (Å²) in [5, 5.41) is 1.20. The van der Waals surface area contributed by atoms with E-state index in [1.54, 1.807) is 24.3 Å². The summed E-state index contributed by atoms with van der Waals surface area (Å²) in [5.74, 6) is 0. The number of rotatable bonds is 4. The summed E-state index contributed by atoms with van der Waals surface area (Å²) >= 11 is 1.67. The molecule has 0 radical (unpaired) electrons. The SMILES string of the molecule is Cc1cccc(C(CN)Sc2ccncn2)c1. The molecule has 0 aliphatic heterocycles. The van der Waals surface area contributed by atoms with Gasteiger partial charge in [0.05, 0.1) is 5.03 Å². The van der Waals surface area contributed by atoms with Crippen molar-refractivity contribution in [3.05, 3.63) is 54.0 Å². The quantitative estimate of drug-likeness (QED) is 0.664. The first-order chi connectivity index (χ1) is 8.29. The van der Waals surface area contributed by atoms with Crippen molar-refractivity contribution in [2.45, 2.75) is 17.2 Å². The predicted octanol–water partition coefficient (Wildman–Crippen LogP) is 2.58. The van der Waals surface area contributed by atoms with E-state index in [2.05, 4.69) is 41.2 Å². The molecule has 2 N–H and O–H groups in total. The Labute approximate surface area is 105 Å². The van der Waals surface area contributed by atoms with E-state index in [0.717, 1.165) is 5.03 Å². The van der Waals surface area contributed by atoms with Gasteiger partial charge in [0.15, 0.2) is 0 Å². The number of hydrogen-bond donors (Lipinski definition) is 1.